The van der Waals surface area contributed by atoms with E-state index in [2.05, 4.69) is 26.8 Å². The zero-order chi connectivity index (χ0) is 12.8. The van der Waals surface area contributed by atoms with Crippen LogP contribution >= 0.6 is 0 Å². The first kappa shape index (κ1) is 14.8. The SMILES string of the molecule is CO/C=C(N)/C(C)=C(\C=C\C(C)(C)C)CN. The average Bonchev–Trinajstić information content (AvgIpc) is 2.17. The molecule has 0 atom stereocenters. The molecular formula is C13H24N2O. The Morgan fingerprint density at radius 2 is 1.88 bits per heavy atom. The Bertz CT molecular complexity index is 306. The van der Waals surface area contributed by atoms with Gasteiger partial charge in [0.25, 0.3) is 0 Å². The zero-order valence-electron chi connectivity index (χ0n) is 11.0. The molecule has 0 radical (unpaired) electrons. The minimum atomic E-state index is 0.139. The Kier molecular flexibility index (Phi) is 5.89. The average molecular weight is 224 g/mol. The molecule has 4 N–H and O–H groups in total. The van der Waals surface area contributed by atoms with Crippen molar-refractivity contribution in [3.8, 4) is 0 Å². The van der Waals surface area contributed by atoms with E-state index in [0.29, 0.717) is 12.2 Å². The zero-order valence-corrected chi connectivity index (χ0v) is 11.0. The minimum absolute atomic E-state index is 0.139. The second-order valence-electron chi connectivity index (χ2n) is 4.86. The first-order valence-corrected chi connectivity index (χ1v) is 5.39. The molecule has 0 heterocycles. The monoisotopic (exact) mass is 224 g/mol. The minimum Gasteiger partial charge on any atom is -0.502 e. The molecule has 0 aliphatic carbocycles. The summed E-state index contributed by atoms with van der Waals surface area (Å²) in [5, 5.41) is 0. The standard InChI is InChI=1S/C13H24N2O/c1-10(12(15)9-16-5)11(8-14)6-7-13(2,3)4/h6-7,9H,8,14-15H2,1-5H3/b7-6+,11-10+,12-9-. The molecule has 0 fully saturated rings. The van der Waals surface area contributed by atoms with Gasteiger partial charge in [-0.05, 0) is 23.5 Å². The summed E-state index contributed by atoms with van der Waals surface area (Å²) in [6.45, 7) is 8.83. The number of nitrogens with two attached hydrogens (primary N) is 2. The van der Waals surface area contributed by atoms with Gasteiger partial charge in [-0.3, -0.25) is 0 Å². The number of hydrogen-bond donors (Lipinski definition) is 2. The van der Waals surface area contributed by atoms with Crippen LogP contribution in [0.2, 0.25) is 0 Å². The van der Waals surface area contributed by atoms with Crippen LogP contribution in [0.25, 0.3) is 0 Å². The van der Waals surface area contributed by atoms with Gasteiger partial charge in [0.1, 0.15) is 6.26 Å². The van der Waals surface area contributed by atoms with E-state index in [1.807, 2.05) is 13.0 Å². The van der Waals surface area contributed by atoms with E-state index in [0.717, 1.165) is 11.1 Å². The van der Waals surface area contributed by atoms with Gasteiger partial charge in [0.2, 0.25) is 0 Å². The van der Waals surface area contributed by atoms with Crippen molar-refractivity contribution in [1.82, 2.24) is 0 Å². The molecule has 0 aliphatic rings. The molecule has 0 aromatic heterocycles. The Balaban J connectivity index is 5.04. The Morgan fingerprint density at radius 1 is 1.31 bits per heavy atom. The molecule has 0 spiro atoms. The van der Waals surface area contributed by atoms with Gasteiger partial charge in [-0.15, -0.1) is 0 Å². The Morgan fingerprint density at radius 3 is 2.25 bits per heavy atom. The van der Waals surface area contributed by atoms with Crippen LogP contribution < -0.4 is 11.5 Å². The van der Waals surface area contributed by atoms with E-state index >= 15 is 0 Å². The first-order valence-electron chi connectivity index (χ1n) is 5.39. The lowest BCUT2D eigenvalue weighted by Crippen LogP contribution is -2.09. The number of allylic oxidation sites excluding steroid dienone is 2. The van der Waals surface area contributed by atoms with E-state index in [9.17, 15) is 0 Å². The first-order chi connectivity index (χ1) is 7.31. The number of hydrogen-bond acceptors (Lipinski definition) is 3. The Hall–Kier alpha value is -1.22. The summed E-state index contributed by atoms with van der Waals surface area (Å²) in [4.78, 5) is 0. The Labute approximate surface area is 98.8 Å². The molecule has 0 bridgehead atoms. The van der Waals surface area contributed by atoms with Crippen molar-refractivity contribution >= 4 is 0 Å². The highest BCUT2D eigenvalue weighted by atomic mass is 16.5. The predicted octanol–water partition coefficient (Wildman–Crippen LogP) is 2.31. The van der Waals surface area contributed by atoms with E-state index < -0.39 is 0 Å². The highest BCUT2D eigenvalue weighted by molar-refractivity contribution is 5.37. The quantitative estimate of drug-likeness (QED) is 0.569. The van der Waals surface area contributed by atoms with Crippen molar-refractivity contribution in [2.75, 3.05) is 13.7 Å². The molecule has 0 saturated carbocycles. The van der Waals surface area contributed by atoms with Gasteiger partial charge in [0, 0.05) is 6.54 Å². The van der Waals surface area contributed by atoms with Crippen molar-refractivity contribution in [2.45, 2.75) is 27.7 Å². The fourth-order valence-electron chi connectivity index (χ4n) is 1.10. The summed E-state index contributed by atoms with van der Waals surface area (Å²) in [5.74, 6) is 0. The van der Waals surface area contributed by atoms with E-state index in [1.165, 1.54) is 6.26 Å². The van der Waals surface area contributed by atoms with Crippen LogP contribution in [0.5, 0.6) is 0 Å². The fourth-order valence-corrected chi connectivity index (χ4v) is 1.10. The fraction of sp³-hybridized carbons (Fsp3) is 0.538. The highest BCUT2D eigenvalue weighted by Gasteiger charge is 2.06. The smallest absolute Gasteiger partial charge is 0.106 e. The lowest BCUT2D eigenvalue weighted by molar-refractivity contribution is 0.334. The molecule has 0 rings (SSSR count). The van der Waals surface area contributed by atoms with Gasteiger partial charge >= 0.3 is 0 Å². The molecule has 0 aromatic rings. The molecule has 92 valence electrons. The van der Waals surface area contributed by atoms with Crippen LogP contribution in [-0.4, -0.2) is 13.7 Å². The third-order valence-corrected chi connectivity index (χ3v) is 2.16. The van der Waals surface area contributed by atoms with E-state index in [1.54, 1.807) is 7.11 Å². The van der Waals surface area contributed by atoms with Crippen LogP contribution in [0, 0.1) is 5.41 Å². The van der Waals surface area contributed by atoms with Crippen LogP contribution in [0.1, 0.15) is 27.7 Å². The lowest BCUT2D eigenvalue weighted by Gasteiger charge is -2.13. The summed E-state index contributed by atoms with van der Waals surface area (Å²) >= 11 is 0. The summed E-state index contributed by atoms with van der Waals surface area (Å²) in [6.07, 6.45) is 5.68. The molecule has 3 heteroatoms. The second-order valence-corrected chi connectivity index (χ2v) is 4.86. The molecule has 16 heavy (non-hydrogen) atoms. The molecule has 0 unspecified atom stereocenters. The van der Waals surface area contributed by atoms with Crippen LogP contribution in [-0.2, 0) is 4.74 Å². The number of methoxy groups -OCH3 is 1. The van der Waals surface area contributed by atoms with Gasteiger partial charge in [-0.2, -0.15) is 0 Å². The van der Waals surface area contributed by atoms with Crippen LogP contribution in [0.4, 0.5) is 0 Å². The van der Waals surface area contributed by atoms with Gasteiger partial charge in [-0.25, -0.2) is 0 Å². The summed E-state index contributed by atoms with van der Waals surface area (Å²) in [6, 6.07) is 0. The predicted molar refractivity (Wildman–Crippen MR) is 69.6 cm³/mol. The largest absolute Gasteiger partial charge is 0.502 e. The topological polar surface area (TPSA) is 61.3 Å². The maximum Gasteiger partial charge on any atom is 0.106 e. The van der Waals surface area contributed by atoms with Gasteiger partial charge in [0.05, 0.1) is 12.8 Å². The molecule has 0 aliphatic heterocycles. The van der Waals surface area contributed by atoms with E-state index in [4.69, 9.17) is 16.2 Å². The third kappa shape index (κ3) is 5.61. The van der Waals surface area contributed by atoms with Gasteiger partial charge in [-0.1, -0.05) is 32.9 Å². The van der Waals surface area contributed by atoms with Crippen molar-refractivity contribution < 1.29 is 4.74 Å². The highest BCUT2D eigenvalue weighted by Crippen LogP contribution is 2.18. The normalized spacial score (nSPS) is 15.2. The van der Waals surface area contributed by atoms with Crippen molar-refractivity contribution in [3.63, 3.8) is 0 Å². The number of ether oxygens (including phenoxy) is 1. The second kappa shape index (κ2) is 6.38. The van der Waals surface area contributed by atoms with Crippen molar-refractivity contribution in [2.24, 2.45) is 16.9 Å². The molecule has 3 nitrogen and oxygen atoms in total. The van der Waals surface area contributed by atoms with E-state index in [-0.39, 0.29) is 5.41 Å². The molecule has 0 aromatic carbocycles. The number of rotatable bonds is 4. The molecular weight excluding hydrogens is 200 g/mol. The van der Waals surface area contributed by atoms with Gasteiger partial charge in [0.15, 0.2) is 0 Å². The lowest BCUT2D eigenvalue weighted by atomic mass is 9.94. The summed E-state index contributed by atoms with van der Waals surface area (Å²) in [7, 11) is 1.58. The van der Waals surface area contributed by atoms with Crippen molar-refractivity contribution in [1.29, 1.82) is 0 Å². The van der Waals surface area contributed by atoms with Crippen LogP contribution in [0.15, 0.2) is 35.3 Å². The third-order valence-electron chi connectivity index (χ3n) is 2.16. The maximum atomic E-state index is 5.83. The summed E-state index contributed by atoms with van der Waals surface area (Å²) in [5.41, 5.74) is 14.3. The molecule has 0 saturated heterocycles. The summed E-state index contributed by atoms with van der Waals surface area (Å²) < 4.78 is 4.88. The van der Waals surface area contributed by atoms with Crippen LogP contribution in [0.3, 0.4) is 0 Å². The van der Waals surface area contributed by atoms with Gasteiger partial charge < -0.3 is 16.2 Å². The molecule has 0 amide bonds. The van der Waals surface area contributed by atoms with Crippen molar-refractivity contribution in [3.05, 3.63) is 35.3 Å². The maximum absolute atomic E-state index is 5.83.